The van der Waals surface area contributed by atoms with Gasteiger partial charge >= 0.3 is 5.97 Å². The zero-order valence-electron chi connectivity index (χ0n) is 15.0. The van der Waals surface area contributed by atoms with E-state index in [1.165, 1.54) is 13.8 Å². The molecule has 0 spiro atoms. The van der Waals surface area contributed by atoms with Crippen molar-refractivity contribution in [2.75, 3.05) is 18.9 Å². The number of rotatable bonds is 5. The summed E-state index contributed by atoms with van der Waals surface area (Å²) in [7, 11) is 0. The van der Waals surface area contributed by atoms with Gasteiger partial charge in [0, 0.05) is 0 Å². The van der Waals surface area contributed by atoms with Crippen molar-refractivity contribution >= 4 is 23.1 Å². The lowest BCUT2D eigenvalue weighted by Crippen LogP contribution is -2.48. The predicted octanol–water partition coefficient (Wildman–Crippen LogP) is -2.04. The number of halogens is 1. The van der Waals surface area contributed by atoms with Gasteiger partial charge in [0.05, 0.1) is 18.9 Å². The Hall–Kier alpha value is -2.61. The zero-order chi connectivity index (χ0) is 20.9. The van der Waals surface area contributed by atoms with Gasteiger partial charge in [-0.3, -0.25) is 19.1 Å². The Morgan fingerprint density at radius 1 is 1.50 bits per heavy atom. The van der Waals surface area contributed by atoms with E-state index < -0.39 is 54.4 Å². The second-order valence-corrected chi connectivity index (χ2v) is 6.78. The van der Waals surface area contributed by atoms with Crippen molar-refractivity contribution in [2.45, 2.75) is 37.6 Å². The average molecular weight is 401 g/mol. The summed E-state index contributed by atoms with van der Waals surface area (Å²) in [5.41, 5.74) is 2.06. The van der Waals surface area contributed by atoms with E-state index in [9.17, 15) is 24.9 Å². The summed E-state index contributed by atoms with van der Waals surface area (Å²) in [5.74, 6) is -4.66. The van der Waals surface area contributed by atoms with Crippen LogP contribution < -0.4 is 11.3 Å². The fraction of sp³-hybridized carbons (Fsp3) is 0.600. The summed E-state index contributed by atoms with van der Waals surface area (Å²) in [6.07, 6.45) is -3.25. The number of aliphatic hydroxyl groups excluding tert-OH is 3. The van der Waals surface area contributed by atoms with Crippen molar-refractivity contribution in [3.63, 3.8) is 0 Å². The lowest BCUT2D eigenvalue weighted by atomic mass is 10.0. The molecular weight excluding hydrogens is 381 g/mol. The normalized spacial score (nSPS) is 30.2. The number of imidazole rings is 1. The lowest BCUT2D eigenvalue weighted by Gasteiger charge is -2.31. The van der Waals surface area contributed by atoms with Crippen molar-refractivity contribution in [1.29, 1.82) is 0 Å². The lowest BCUT2D eigenvalue weighted by molar-refractivity contribution is -0.257. The summed E-state index contributed by atoms with van der Waals surface area (Å²) in [6, 6.07) is 0. The molecule has 0 aliphatic carbocycles. The van der Waals surface area contributed by atoms with Crippen LogP contribution in [0, 0.1) is 5.92 Å². The summed E-state index contributed by atoms with van der Waals surface area (Å²) >= 11 is 0. The Kier molecular flexibility index (Phi) is 4.87. The maximum atomic E-state index is 15.2. The average Bonchev–Trinajstić information content (AvgIpc) is 3.14. The van der Waals surface area contributed by atoms with Gasteiger partial charge in [0.1, 0.15) is 12.2 Å². The first kappa shape index (κ1) is 20.1. The number of aliphatic hydroxyl groups is 3. The Labute approximate surface area is 156 Å². The highest BCUT2D eigenvalue weighted by Crippen LogP contribution is 2.43. The molecule has 0 saturated carbocycles. The van der Waals surface area contributed by atoms with E-state index in [4.69, 9.17) is 15.2 Å². The first-order valence-electron chi connectivity index (χ1n) is 8.32. The van der Waals surface area contributed by atoms with Crippen LogP contribution in [0.5, 0.6) is 0 Å². The van der Waals surface area contributed by atoms with Crippen molar-refractivity contribution in [3.05, 3.63) is 16.7 Å². The second-order valence-electron chi connectivity index (χ2n) is 6.78. The number of fused-ring (bicyclic) bond motifs is 1. The Balaban J connectivity index is 2.04. The molecule has 0 bridgehead atoms. The maximum Gasteiger partial charge on any atom is 0.308 e. The number of nitrogens with two attached hydrogens (primary N) is 1. The molecule has 154 valence electrons. The molecule has 1 aliphatic heterocycles. The number of anilines is 1. The van der Waals surface area contributed by atoms with Crippen molar-refractivity contribution < 1.29 is 34.0 Å². The van der Waals surface area contributed by atoms with E-state index in [1.54, 1.807) is 0 Å². The first-order valence-corrected chi connectivity index (χ1v) is 8.32. The fourth-order valence-corrected chi connectivity index (χ4v) is 2.95. The van der Waals surface area contributed by atoms with Gasteiger partial charge in [0.15, 0.2) is 17.8 Å². The number of carbonyl (C=O) groups is 1. The van der Waals surface area contributed by atoms with E-state index in [2.05, 4.69) is 15.0 Å². The van der Waals surface area contributed by atoms with Gasteiger partial charge < -0.3 is 30.5 Å². The molecule has 1 fully saturated rings. The number of nitrogens with zero attached hydrogens (tertiary/aromatic N) is 3. The fourth-order valence-electron chi connectivity index (χ4n) is 2.95. The number of hydrogen-bond acceptors (Lipinski definition) is 10. The standard InChI is InChI=1S/C15H20FN5O7/c1-6(2)12(26)27-4-14(16)8(23)9(24)15(3-22,28-14)21-5-18-7-10(21)19-13(17)20-11(7)25/h5-6,8-9,22-24H,3-4H2,1-2H3,(H3,17,19,20,25)/t8-,9+,14+,15+/m0/s1. The minimum atomic E-state index is -3.05. The highest BCUT2D eigenvalue weighted by Gasteiger charge is 2.65. The van der Waals surface area contributed by atoms with Crippen molar-refractivity contribution in [2.24, 2.45) is 5.92 Å². The number of esters is 1. The van der Waals surface area contributed by atoms with Gasteiger partial charge in [-0.05, 0) is 0 Å². The van der Waals surface area contributed by atoms with Gasteiger partial charge in [-0.15, -0.1) is 0 Å². The Morgan fingerprint density at radius 2 is 2.18 bits per heavy atom. The quantitative estimate of drug-likeness (QED) is 0.350. The van der Waals surface area contributed by atoms with Crippen LogP contribution in [-0.2, 0) is 20.0 Å². The van der Waals surface area contributed by atoms with Crippen LogP contribution in [-0.4, -0.2) is 72.1 Å². The molecule has 28 heavy (non-hydrogen) atoms. The highest BCUT2D eigenvalue weighted by atomic mass is 19.2. The summed E-state index contributed by atoms with van der Waals surface area (Å²) in [6.45, 7) is 0.982. The third-order valence-electron chi connectivity index (χ3n) is 4.49. The molecule has 2 aromatic rings. The van der Waals surface area contributed by atoms with Crippen LogP contribution in [0.3, 0.4) is 0 Å². The van der Waals surface area contributed by atoms with E-state index in [-0.39, 0.29) is 17.1 Å². The number of aromatic amines is 1. The molecular formula is C15H20FN5O7. The number of nitrogen functional groups attached to an aromatic ring is 1. The largest absolute Gasteiger partial charge is 0.459 e. The van der Waals surface area contributed by atoms with Gasteiger partial charge in [-0.1, -0.05) is 13.8 Å². The van der Waals surface area contributed by atoms with Gasteiger partial charge in [0.2, 0.25) is 11.7 Å². The number of aromatic nitrogens is 4. The van der Waals surface area contributed by atoms with Crippen LogP contribution in [0.15, 0.2) is 11.1 Å². The van der Waals surface area contributed by atoms with Crippen LogP contribution >= 0.6 is 0 Å². The Morgan fingerprint density at radius 3 is 2.79 bits per heavy atom. The van der Waals surface area contributed by atoms with Crippen LogP contribution in [0.25, 0.3) is 11.2 Å². The van der Waals surface area contributed by atoms with E-state index in [1.807, 2.05) is 0 Å². The number of alkyl halides is 1. The van der Waals surface area contributed by atoms with Crippen LogP contribution in [0.1, 0.15) is 13.8 Å². The molecule has 4 atom stereocenters. The van der Waals surface area contributed by atoms with Gasteiger partial charge in [-0.25, -0.2) is 9.37 Å². The Bertz CT molecular complexity index is 962. The monoisotopic (exact) mass is 401 g/mol. The topological polar surface area (TPSA) is 186 Å². The molecule has 0 aromatic carbocycles. The summed E-state index contributed by atoms with van der Waals surface area (Å²) in [4.78, 5) is 33.5. The third-order valence-corrected chi connectivity index (χ3v) is 4.49. The summed E-state index contributed by atoms with van der Waals surface area (Å²) < 4.78 is 26.1. The number of carbonyl (C=O) groups excluding carboxylic acids is 1. The minimum Gasteiger partial charge on any atom is -0.459 e. The first-order chi connectivity index (χ1) is 13.1. The SMILES string of the molecule is CC(C)C(=O)OC[C@@]1(F)O[C@@](CO)(n2cnc3c(=O)[nH]c(N)nc32)[C@H](O)[C@@H]1O. The molecule has 1 aliphatic rings. The maximum absolute atomic E-state index is 15.2. The number of nitrogens with one attached hydrogen (secondary N) is 1. The summed E-state index contributed by atoms with van der Waals surface area (Å²) in [5, 5.41) is 30.6. The van der Waals surface area contributed by atoms with Gasteiger partial charge in [-0.2, -0.15) is 4.98 Å². The molecule has 13 heteroatoms. The predicted molar refractivity (Wildman–Crippen MR) is 90.4 cm³/mol. The molecule has 3 heterocycles. The number of H-pyrrole nitrogens is 1. The van der Waals surface area contributed by atoms with Crippen molar-refractivity contribution in [1.82, 2.24) is 19.5 Å². The highest BCUT2D eigenvalue weighted by molar-refractivity contribution is 5.72. The molecule has 1 saturated heterocycles. The molecule has 2 aromatic heterocycles. The van der Waals surface area contributed by atoms with E-state index >= 15 is 4.39 Å². The van der Waals surface area contributed by atoms with Crippen LogP contribution in [0.2, 0.25) is 0 Å². The molecule has 12 nitrogen and oxygen atoms in total. The number of ether oxygens (including phenoxy) is 2. The molecule has 0 unspecified atom stereocenters. The molecule has 0 amide bonds. The van der Waals surface area contributed by atoms with Crippen LogP contribution in [0.4, 0.5) is 10.3 Å². The second kappa shape index (κ2) is 6.77. The smallest absolute Gasteiger partial charge is 0.308 e. The van der Waals surface area contributed by atoms with E-state index in [0.29, 0.717) is 0 Å². The van der Waals surface area contributed by atoms with Crippen molar-refractivity contribution in [3.8, 4) is 0 Å². The zero-order valence-corrected chi connectivity index (χ0v) is 15.0. The van der Waals surface area contributed by atoms with Gasteiger partial charge in [0.25, 0.3) is 11.4 Å². The molecule has 6 N–H and O–H groups in total. The third kappa shape index (κ3) is 2.92. The molecule has 3 rings (SSSR count). The van der Waals surface area contributed by atoms with E-state index in [0.717, 1.165) is 10.9 Å². The number of hydrogen-bond donors (Lipinski definition) is 5. The molecule has 0 radical (unpaired) electrons. The minimum absolute atomic E-state index is 0.213.